The zero-order chi connectivity index (χ0) is 10.8. The Bertz CT molecular complexity index is 467. The molecular formula is C11H11IN2O. The summed E-state index contributed by atoms with van der Waals surface area (Å²) >= 11 is 2.23. The smallest absolute Gasteiger partial charge is 0.107 e. The van der Waals surface area contributed by atoms with E-state index in [9.17, 15) is 5.11 Å². The van der Waals surface area contributed by atoms with Gasteiger partial charge in [0.25, 0.3) is 0 Å². The SMILES string of the molecule is Cn1cc(C(O)c2cccc(I)c2)cn1. The highest BCUT2D eigenvalue weighted by molar-refractivity contribution is 14.1. The Morgan fingerprint density at radius 2 is 2.20 bits per heavy atom. The van der Waals surface area contributed by atoms with Gasteiger partial charge in [0, 0.05) is 22.4 Å². The molecule has 0 saturated carbocycles. The average molecular weight is 314 g/mol. The van der Waals surface area contributed by atoms with Crippen molar-refractivity contribution in [1.82, 2.24) is 9.78 Å². The highest BCUT2D eigenvalue weighted by atomic mass is 127. The van der Waals surface area contributed by atoms with Gasteiger partial charge in [0.1, 0.15) is 6.10 Å². The van der Waals surface area contributed by atoms with Crippen LogP contribution in [-0.4, -0.2) is 14.9 Å². The van der Waals surface area contributed by atoms with E-state index in [1.807, 2.05) is 37.5 Å². The molecule has 2 rings (SSSR count). The lowest BCUT2D eigenvalue weighted by molar-refractivity contribution is 0.220. The van der Waals surface area contributed by atoms with Crippen LogP contribution in [0.1, 0.15) is 17.2 Å². The number of hydrogen-bond acceptors (Lipinski definition) is 2. The van der Waals surface area contributed by atoms with Crippen LogP contribution < -0.4 is 0 Å². The van der Waals surface area contributed by atoms with Crippen molar-refractivity contribution in [1.29, 1.82) is 0 Å². The van der Waals surface area contributed by atoms with Crippen LogP contribution in [-0.2, 0) is 7.05 Å². The van der Waals surface area contributed by atoms with E-state index in [1.165, 1.54) is 0 Å². The molecule has 15 heavy (non-hydrogen) atoms. The molecule has 0 aliphatic rings. The fourth-order valence-corrected chi connectivity index (χ4v) is 2.02. The summed E-state index contributed by atoms with van der Waals surface area (Å²) in [6.07, 6.45) is 2.92. The Kier molecular flexibility index (Phi) is 3.06. The van der Waals surface area contributed by atoms with Crippen LogP contribution in [0.4, 0.5) is 0 Å². The van der Waals surface area contributed by atoms with Gasteiger partial charge in [-0.15, -0.1) is 0 Å². The highest BCUT2D eigenvalue weighted by Gasteiger charge is 2.11. The molecular weight excluding hydrogens is 303 g/mol. The van der Waals surface area contributed by atoms with E-state index < -0.39 is 6.10 Å². The summed E-state index contributed by atoms with van der Waals surface area (Å²) in [6, 6.07) is 7.83. The second-order valence-electron chi connectivity index (χ2n) is 3.40. The van der Waals surface area contributed by atoms with Gasteiger partial charge in [0.05, 0.1) is 6.20 Å². The molecule has 1 atom stereocenters. The van der Waals surface area contributed by atoms with Crippen molar-refractivity contribution in [3.05, 3.63) is 51.4 Å². The summed E-state index contributed by atoms with van der Waals surface area (Å²) in [5.74, 6) is 0. The molecule has 1 aromatic carbocycles. The summed E-state index contributed by atoms with van der Waals surface area (Å²) in [5, 5.41) is 14.1. The Labute approximate surface area is 102 Å². The monoisotopic (exact) mass is 314 g/mol. The fourth-order valence-electron chi connectivity index (χ4n) is 1.45. The minimum atomic E-state index is -0.589. The lowest BCUT2D eigenvalue weighted by atomic mass is 10.1. The third kappa shape index (κ3) is 2.38. The predicted octanol–water partition coefficient (Wildman–Crippen LogP) is 2.11. The lowest BCUT2D eigenvalue weighted by Crippen LogP contribution is -1.98. The standard InChI is InChI=1S/C11H11IN2O/c1-14-7-9(6-13-14)11(15)8-3-2-4-10(12)5-8/h2-7,11,15H,1H3. The number of hydrogen-bond donors (Lipinski definition) is 1. The first-order valence-electron chi connectivity index (χ1n) is 4.59. The molecule has 0 spiro atoms. The predicted molar refractivity (Wildman–Crippen MR) is 66.4 cm³/mol. The second kappa shape index (κ2) is 4.32. The van der Waals surface area contributed by atoms with Gasteiger partial charge in [-0.3, -0.25) is 4.68 Å². The third-order valence-corrected chi connectivity index (χ3v) is 2.88. The number of aliphatic hydroxyl groups is 1. The number of nitrogens with zero attached hydrogens (tertiary/aromatic N) is 2. The van der Waals surface area contributed by atoms with Gasteiger partial charge in [0.15, 0.2) is 0 Å². The quantitative estimate of drug-likeness (QED) is 0.862. The van der Waals surface area contributed by atoms with Gasteiger partial charge in [-0.25, -0.2) is 0 Å². The van der Waals surface area contributed by atoms with E-state index in [-0.39, 0.29) is 0 Å². The van der Waals surface area contributed by atoms with E-state index in [1.54, 1.807) is 10.9 Å². The van der Waals surface area contributed by atoms with E-state index in [4.69, 9.17) is 0 Å². The molecule has 1 unspecified atom stereocenters. The largest absolute Gasteiger partial charge is 0.384 e. The van der Waals surface area contributed by atoms with Gasteiger partial charge in [-0.1, -0.05) is 12.1 Å². The maximum Gasteiger partial charge on any atom is 0.107 e. The van der Waals surface area contributed by atoms with Gasteiger partial charge in [-0.2, -0.15) is 5.10 Å². The molecule has 0 fully saturated rings. The number of aliphatic hydroxyl groups excluding tert-OH is 1. The van der Waals surface area contributed by atoms with Crippen LogP contribution in [0, 0.1) is 3.57 Å². The summed E-state index contributed by atoms with van der Waals surface area (Å²) in [7, 11) is 1.84. The molecule has 0 amide bonds. The number of rotatable bonds is 2. The molecule has 1 N–H and O–H groups in total. The van der Waals surface area contributed by atoms with E-state index in [0.717, 1.165) is 14.7 Å². The van der Waals surface area contributed by atoms with Gasteiger partial charge >= 0.3 is 0 Å². The Balaban J connectivity index is 2.32. The van der Waals surface area contributed by atoms with Crippen molar-refractivity contribution in [3.63, 3.8) is 0 Å². The van der Waals surface area contributed by atoms with Crippen LogP contribution in [0.25, 0.3) is 0 Å². The topological polar surface area (TPSA) is 38.0 Å². The molecule has 2 aromatic rings. The third-order valence-electron chi connectivity index (χ3n) is 2.20. The maximum atomic E-state index is 10.1. The average Bonchev–Trinajstić information content (AvgIpc) is 2.64. The maximum absolute atomic E-state index is 10.1. The van der Waals surface area contributed by atoms with Crippen LogP contribution in [0.15, 0.2) is 36.7 Å². The summed E-state index contributed by atoms with van der Waals surface area (Å²) in [5.41, 5.74) is 1.72. The molecule has 0 bridgehead atoms. The fraction of sp³-hybridized carbons (Fsp3) is 0.182. The van der Waals surface area contributed by atoms with E-state index >= 15 is 0 Å². The zero-order valence-corrected chi connectivity index (χ0v) is 10.4. The first kappa shape index (κ1) is 10.6. The Morgan fingerprint density at radius 3 is 2.80 bits per heavy atom. The first-order chi connectivity index (χ1) is 7.16. The summed E-state index contributed by atoms with van der Waals surface area (Å²) < 4.78 is 2.81. The normalized spacial score (nSPS) is 12.7. The molecule has 0 aliphatic heterocycles. The Morgan fingerprint density at radius 1 is 1.40 bits per heavy atom. The molecule has 3 nitrogen and oxygen atoms in total. The number of benzene rings is 1. The van der Waals surface area contributed by atoms with Crippen molar-refractivity contribution >= 4 is 22.6 Å². The molecule has 1 aromatic heterocycles. The molecule has 4 heteroatoms. The minimum absolute atomic E-state index is 0.589. The second-order valence-corrected chi connectivity index (χ2v) is 4.65. The first-order valence-corrected chi connectivity index (χ1v) is 5.67. The van der Waals surface area contributed by atoms with Crippen molar-refractivity contribution < 1.29 is 5.11 Å². The van der Waals surface area contributed by atoms with Crippen molar-refractivity contribution in [2.45, 2.75) is 6.10 Å². The van der Waals surface area contributed by atoms with Crippen LogP contribution in [0.3, 0.4) is 0 Å². The molecule has 0 radical (unpaired) electrons. The molecule has 0 aliphatic carbocycles. The van der Waals surface area contributed by atoms with Crippen molar-refractivity contribution in [3.8, 4) is 0 Å². The number of aryl methyl sites for hydroxylation is 1. The summed E-state index contributed by atoms with van der Waals surface area (Å²) in [6.45, 7) is 0. The molecule has 1 heterocycles. The highest BCUT2D eigenvalue weighted by Crippen LogP contribution is 2.22. The van der Waals surface area contributed by atoms with Gasteiger partial charge in [-0.05, 0) is 40.3 Å². The number of aromatic nitrogens is 2. The van der Waals surface area contributed by atoms with Crippen LogP contribution in [0.2, 0.25) is 0 Å². The van der Waals surface area contributed by atoms with Crippen LogP contribution >= 0.6 is 22.6 Å². The Hall–Kier alpha value is -0.880. The zero-order valence-electron chi connectivity index (χ0n) is 8.26. The minimum Gasteiger partial charge on any atom is -0.384 e. The van der Waals surface area contributed by atoms with Crippen molar-refractivity contribution in [2.24, 2.45) is 7.05 Å². The number of halogens is 1. The molecule has 0 saturated heterocycles. The lowest BCUT2D eigenvalue weighted by Gasteiger charge is -2.08. The summed E-state index contributed by atoms with van der Waals surface area (Å²) in [4.78, 5) is 0. The molecule has 78 valence electrons. The van der Waals surface area contributed by atoms with Crippen LogP contribution in [0.5, 0.6) is 0 Å². The van der Waals surface area contributed by atoms with Crippen molar-refractivity contribution in [2.75, 3.05) is 0 Å². The van der Waals surface area contributed by atoms with E-state index in [2.05, 4.69) is 27.7 Å². The van der Waals surface area contributed by atoms with Gasteiger partial charge in [0.2, 0.25) is 0 Å². The van der Waals surface area contributed by atoms with Gasteiger partial charge < -0.3 is 5.11 Å². The van der Waals surface area contributed by atoms with E-state index in [0.29, 0.717) is 0 Å².